The molecule has 24 heavy (non-hydrogen) atoms. The van der Waals surface area contributed by atoms with E-state index in [4.69, 9.17) is 9.26 Å². The molecule has 0 saturated heterocycles. The monoisotopic (exact) mass is 331 g/mol. The Morgan fingerprint density at radius 3 is 2.42 bits per heavy atom. The molecule has 0 saturated carbocycles. The smallest absolute Gasteiger partial charge is 0.318 e. The summed E-state index contributed by atoms with van der Waals surface area (Å²) in [5.74, 6) is -0.244. The van der Waals surface area contributed by atoms with Gasteiger partial charge in [0, 0.05) is 12.1 Å². The van der Waals surface area contributed by atoms with E-state index in [1.807, 2.05) is 59.1 Å². The third-order valence-electron chi connectivity index (χ3n) is 3.28. The summed E-state index contributed by atoms with van der Waals surface area (Å²) in [6, 6.07) is 7.96. The van der Waals surface area contributed by atoms with Crippen molar-refractivity contribution in [3.8, 4) is 11.4 Å². The van der Waals surface area contributed by atoms with Crippen LogP contribution in [0.15, 0.2) is 28.8 Å². The number of nitrogens with zero attached hydrogens (tertiary/aromatic N) is 3. The summed E-state index contributed by atoms with van der Waals surface area (Å²) in [4.78, 5) is 18.5. The molecule has 0 aliphatic heterocycles. The van der Waals surface area contributed by atoms with Gasteiger partial charge in [-0.2, -0.15) is 4.98 Å². The van der Waals surface area contributed by atoms with Crippen LogP contribution in [-0.2, 0) is 16.1 Å². The fourth-order valence-electron chi connectivity index (χ4n) is 2.14. The molecule has 0 radical (unpaired) electrons. The van der Waals surface area contributed by atoms with Gasteiger partial charge in [0.1, 0.15) is 11.5 Å². The first-order valence-corrected chi connectivity index (χ1v) is 7.96. The van der Waals surface area contributed by atoms with Crippen LogP contribution in [0.1, 0.15) is 45.1 Å². The highest BCUT2D eigenvalue weighted by Crippen LogP contribution is 2.23. The fourth-order valence-corrected chi connectivity index (χ4v) is 2.14. The first kappa shape index (κ1) is 18.1. The van der Waals surface area contributed by atoms with Crippen molar-refractivity contribution < 1.29 is 14.1 Å². The molecule has 6 nitrogen and oxygen atoms in total. The zero-order valence-electron chi connectivity index (χ0n) is 15.2. The van der Waals surface area contributed by atoms with Crippen LogP contribution in [0.2, 0.25) is 0 Å². The lowest BCUT2D eigenvalue weighted by Gasteiger charge is -2.20. The van der Waals surface area contributed by atoms with E-state index in [9.17, 15) is 4.79 Å². The van der Waals surface area contributed by atoms with Gasteiger partial charge in [-0.1, -0.05) is 29.4 Å². The fraction of sp³-hybridized carbons (Fsp3) is 0.500. The molecule has 0 spiro atoms. The average Bonchev–Trinajstić information content (AvgIpc) is 2.94. The van der Waals surface area contributed by atoms with Crippen LogP contribution in [0.4, 0.5) is 0 Å². The second-order valence-corrected chi connectivity index (χ2v) is 7.15. The van der Waals surface area contributed by atoms with Crippen LogP contribution in [0.3, 0.4) is 0 Å². The van der Waals surface area contributed by atoms with Crippen molar-refractivity contribution in [1.29, 1.82) is 0 Å². The molecule has 1 atom stereocenters. The highest BCUT2D eigenvalue weighted by Gasteiger charge is 2.27. The molecule has 2 rings (SSSR count). The molecule has 0 fully saturated rings. The Labute approximate surface area is 142 Å². The van der Waals surface area contributed by atoms with E-state index in [0.717, 1.165) is 12.1 Å². The van der Waals surface area contributed by atoms with Crippen molar-refractivity contribution in [2.75, 3.05) is 14.1 Å². The predicted octanol–water partition coefficient (Wildman–Crippen LogP) is 3.24. The Morgan fingerprint density at radius 1 is 1.25 bits per heavy atom. The molecule has 130 valence electrons. The number of ether oxygens (including phenoxy) is 1. The van der Waals surface area contributed by atoms with Gasteiger partial charge in [-0.25, -0.2) is 0 Å². The number of hydrogen-bond donors (Lipinski definition) is 0. The summed E-state index contributed by atoms with van der Waals surface area (Å²) >= 11 is 0. The topological polar surface area (TPSA) is 68.5 Å². The minimum Gasteiger partial charge on any atom is -0.459 e. The maximum atomic E-state index is 12.1. The summed E-state index contributed by atoms with van der Waals surface area (Å²) < 4.78 is 10.6. The Morgan fingerprint density at radius 2 is 1.88 bits per heavy atom. The average molecular weight is 331 g/mol. The molecule has 0 amide bonds. The zero-order chi connectivity index (χ0) is 17.9. The van der Waals surface area contributed by atoms with E-state index in [1.165, 1.54) is 5.56 Å². The van der Waals surface area contributed by atoms with Crippen LogP contribution < -0.4 is 0 Å². The predicted molar refractivity (Wildman–Crippen MR) is 91.4 cm³/mol. The third-order valence-corrected chi connectivity index (χ3v) is 3.28. The maximum Gasteiger partial charge on any atom is 0.318 e. The number of benzene rings is 1. The first-order valence-electron chi connectivity index (χ1n) is 7.96. The van der Waals surface area contributed by atoms with Gasteiger partial charge in [0.05, 0.1) is 0 Å². The summed E-state index contributed by atoms with van der Waals surface area (Å²) in [5, 5.41) is 3.97. The lowest BCUT2D eigenvalue weighted by atomic mass is 10.1. The van der Waals surface area contributed by atoms with Crippen LogP contribution in [0.25, 0.3) is 11.4 Å². The molecule has 2 aromatic rings. The van der Waals surface area contributed by atoms with Crippen molar-refractivity contribution in [1.82, 2.24) is 15.0 Å². The van der Waals surface area contributed by atoms with E-state index in [0.29, 0.717) is 5.82 Å². The van der Waals surface area contributed by atoms with E-state index in [-0.39, 0.29) is 11.9 Å². The molecule has 1 heterocycles. The van der Waals surface area contributed by atoms with Crippen LogP contribution >= 0.6 is 0 Å². The summed E-state index contributed by atoms with van der Waals surface area (Å²) in [6.07, 6.45) is 0. The standard InChI is InChI=1S/C18H25N3O3/c1-12(17(22)23-18(2,3)4)16-19-15(20-24-16)14-9-7-13(8-10-14)11-21(5)6/h7-10,12H,11H2,1-6H3. The van der Waals surface area contributed by atoms with Gasteiger partial charge in [-0.05, 0) is 47.4 Å². The molecule has 0 N–H and O–H groups in total. The van der Waals surface area contributed by atoms with E-state index >= 15 is 0 Å². The van der Waals surface area contributed by atoms with Crippen LogP contribution in [0.5, 0.6) is 0 Å². The molecule has 1 aromatic heterocycles. The lowest BCUT2D eigenvalue weighted by Crippen LogP contribution is -2.26. The molecular formula is C18H25N3O3. The van der Waals surface area contributed by atoms with Crippen molar-refractivity contribution in [3.63, 3.8) is 0 Å². The van der Waals surface area contributed by atoms with Crippen molar-refractivity contribution in [2.24, 2.45) is 0 Å². The second kappa shape index (κ2) is 7.13. The molecule has 6 heteroatoms. The van der Waals surface area contributed by atoms with Gasteiger partial charge in [-0.3, -0.25) is 4.79 Å². The van der Waals surface area contributed by atoms with Gasteiger partial charge < -0.3 is 14.2 Å². The SMILES string of the molecule is CC(C(=O)OC(C)(C)C)c1nc(-c2ccc(CN(C)C)cc2)no1. The van der Waals surface area contributed by atoms with E-state index in [2.05, 4.69) is 15.0 Å². The number of carbonyl (C=O) groups excluding carboxylic acids is 1. The maximum absolute atomic E-state index is 12.1. The van der Waals surface area contributed by atoms with Gasteiger partial charge in [0.2, 0.25) is 11.7 Å². The van der Waals surface area contributed by atoms with Crippen molar-refractivity contribution >= 4 is 5.97 Å². The molecule has 0 bridgehead atoms. The first-order chi connectivity index (χ1) is 11.2. The Kier molecular flexibility index (Phi) is 5.39. The van der Waals surface area contributed by atoms with Gasteiger partial charge in [0.25, 0.3) is 0 Å². The van der Waals surface area contributed by atoms with E-state index < -0.39 is 11.5 Å². The molecular weight excluding hydrogens is 306 g/mol. The Balaban J connectivity index is 2.11. The third kappa shape index (κ3) is 4.89. The number of hydrogen-bond acceptors (Lipinski definition) is 6. The highest BCUT2D eigenvalue weighted by atomic mass is 16.6. The highest BCUT2D eigenvalue weighted by molar-refractivity contribution is 5.76. The molecule has 0 aliphatic rings. The van der Waals surface area contributed by atoms with E-state index in [1.54, 1.807) is 6.92 Å². The minimum absolute atomic E-state index is 0.261. The number of rotatable bonds is 5. The largest absolute Gasteiger partial charge is 0.459 e. The Hall–Kier alpha value is -2.21. The van der Waals surface area contributed by atoms with Crippen molar-refractivity contribution in [3.05, 3.63) is 35.7 Å². The lowest BCUT2D eigenvalue weighted by molar-refractivity contribution is -0.156. The number of aromatic nitrogens is 2. The quantitative estimate of drug-likeness (QED) is 0.784. The van der Waals surface area contributed by atoms with Gasteiger partial charge in [-0.15, -0.1) is 0 Å². The van der Waals surface area contributed by atoms with Crippen LogP contribution in [0, 0.1) is 0 Å². The van der Waals surface area contributed by atoms with Crippen molar-refractivity contribution in [2.45, 2.75) is 45.8 Å². The van der Waals surface area contributed by atoms with Gasteiger partial charge in [0.15, 0.2) is 0 Å². The molecule has 0 aliphatic carbocycles. The second-order valence-electron chi connectivity index (χ2n) is 7.15. The van der Waals surface area contributed by atoms with Crippen LogP contribution in [-0.4, -0.2) is 40.7 Å². The Bertz CT molecular complexity index is 684. The summed E-state index contributed by atoms with van der Waals surface area (Å²) in [5.41, 5.74) is 1.51. The molecule has 1 unspecified atom stereocenters. The minimum atomic E-state index is -0.599. The summed E-state index contributed by atoms with van der Waals surface area (Å²) in [6.45, 7) is 8.05. The summed E-state index contributed by atoms with van der Waals surface area (Å²) in [7, 11) is 4.05. The number of carbonyl (C=O) groups is 1. The normalized spacial score (nSPS) is 13.1. The van der Waals surface area contributed by atoms with Gasteiger partial charge >= 0.3 is 5.97 Å². The number of esters is 1. The molecule has 1 aromatic carbocycles. The zero-order valence-corrected chi connectivity index (χ0v) is 15.2.